The van der Waals surface area contributed by atoms with Crippen molar-refractivity contribution in [3.05, 3.63) is 59.4 Å². The summed E-state index contributed by atoms with van der Waals surface area (Å²) in [7, 11) is 1.63. The first-order valence-corrected chi connectivity index (χ1v) is 10.1. The lowest BCUT2D eigenvalue weighted by Gasteiger charge is -2.35. The molecule has 2 fully saturated rings. The van der Waals surface area contributed by atoms with Crippen LogP contribution in [0.4, 0.5) is 4.39 Å². The first-order chi connectivity index (χ1) is 13.6. The molecule has 0 radical (unpaired) electrons. The molecule has 0 aromatic heterocycles. The molecule has 1 heterocycles. The molecule has 158 valence electrons. The van der Waals surface area contributed by atoms with Crippen molar-refractivity contribution < 1.29 is 19.0 Å². The molecule has 1 aliphatic carbocycles. The average Bonchev–Trinajstić information content (AvgIpc) is 3.15. The van der Waals surface area contributed by atoms with Crippen LogP contribution in [0.15, 0.2) is 42.5 Å². The smallest absolute Gasteiger partial charge is 0.126 e. The van der Waals surface area contributed by atoms with E-state index < -0.39 is 6.10 Å². The molecule has 0 bridgehead atoms. The van der Waals surface area contributed by atoms with Crippen LogP contribution in [0.5, 0.6) is 11.5 Å². The molecule has 4 rings (SSSR count). The SMILES string of the molecule is COc1cc(O[C@@H]2C[C@@H]3CNC[C@@H]3C[C@H]2O)ccc1CCc1ccccc1F.Cl. The lowest BCUT2D eigenvalue weighted by molar-refractivity contribution is -0.0232. The maximum Gasteiger partial charge on any atom is 0.126 e. The van der Waals surface area contributed by atoms with Crippen LogP contribution >= 0.6 is 12.4 Å². The van der Waals surface area contributed by atoms with Gasteiger partial charge in [0.1, 0.15) is 23.4 Å². The third-order valence-electron chi connectivity index (χ3n) is 6.16. The van der Waals surface area contributed by atoms with Crippen molar-refractivity contribution in [2.45, 2.75) is 37.9 Å². The zero-order chi connectivity index (χ0) is 19.5. The minimum atomic E-state index is -0.437. The van der Waals surface area contributed by atoms with Crippen LogP contribution in [0, 0.1) is 17.7 Å². The zero-order valence-corrected chi connectivity index (χ0v) is 17.5. The summed E-state index contributed by atoms with van der Waals surface area (Å²) in [5.74, 6) is 2.41. The maximum atomic E-state index is 13.8. The van der Waals surface area contributed by atoms with Gasteiger partial charge in [-0.1, -0.05) is 24.3 Å². The number of halogens is 2. The minimum Gasteiger partial charge on any atom is -0.496 e. The van der Waals surface area contributed by atoms with Gasteiger partial charge in [-0.25, -0.2) is 4.39 Å². The molecule has 0 unspecified atom stereocenters. The summed E-state index contributed by atoms with van der Waals surface area (Å²) in [5, 5.41) is 13.9. The minimum absolute atomic E-state index is 0. The van der Waals surface area contributed by atoms with E-state index >= 15 is 0 Å². The van der Waals surface area contributed by atoms with Crippen molar-refractivity contribution in [1.82, 2.24) is 5.32 Å². The van der Waals surface area contributed by atoms with Crippen molar-refractivity contribution in [2.75, 3.05) is 20.2 Å². The Labute approximate surface area is 177 Å². The quantitative estimate of drug-likeness (QED) is 0.745. The van der Waals surface area contributed by atoms with Gasteiger partial charge < -0.3 is 19.9 Å². The van der Waals surface area contributed by atoms with Crippen LogP contribution in [0.25, 0.3) is 0 Å². The fourth-order valence-electron chi connectivity index (χ4n) is 4.53. The first-order valence-electron chi connectivity index (χ1n) is 10.1. The van der Waals surface area contributed by atoms with E-state index in [1.807, 2.05) is 30.3 Å². The van der Waals surface area contributed by atoms with E-state index in [-0.39, 0.29) is 24.3 Å². The molecular formula is C23H29ClFNO3. The molecule has 0 spiro atoms. The van der Waals surface area contributed by atoms with Gasteiger partial charge in [0, 0.05) is 6.07 Å². The lowest BCUT2D eigenvalue weighted by atomic mass is 9.78. The van der Waals surface area contributed by atoms with Crippen molar-refractivity contribution in [3.63, 3.8) is 0 Å². The van der Waals surface area contributed by atoms with Crippen molar-refractivity contribution in [3.8, 4) is 11.5 Å². The molecule has 1 aliphatic heterocycles. The number of nitrogens with one attached hydrogen (secondary N) is 1. The molecule has 6 heteroatoms. The van der Waals surface area contributed by atoms with Crippen molar-refractivity contribution in [1.29, 1.82) is 0 Å². The molecular weight excluding hydrogens is 393 g/mol. The molecule has 1 saturated carbocycles. The topological polar surface area (TPSA) is 50.7 Å². The highest BCUT2D eigenvalue weighted by Gasteiger charge is 2.39. The summed E-state index contributed by atoms with van der Waals surface area (Å²) >= 11 is 0. The molecule has 2 N–H and O–H groups in total. The van der Waals surface area contributed by atoms with E-state index in [0.717, 1.165) is 37.2 Å². The van der Waals surface area contributed by atoms with E-state index in [1.54, 1.807) is 13.2 Å². The van der Waals surface area contributed by atoms with Gasteiger partial charge in [0.15, 0.2) is 0 Å². The molecule has 2 aliphatic rings. The Balaban J connectivity index is 0.00000240. The van der Waals surface area contributed by atoms with Crippen molar-refractivity contribution in [2.24, 2.45) is 11.8 Å². The number of fused-ring (bicyclic) bond motifs is 1. The van der Waals surface area contributed by atoms with Gasteiger partial charge in [-0.2, -0.15) is 0 Å². The summed E-state index contributed by atoms with van der Waals surface area (Å²) in [6.07, 6.45) is 2.34. The number of aliphatic hydroxyl groups excluding tert-OH is 1. The third kappa shape index (κ3) is 5.03. The second kappa shape index (κ2) is 9.79. The molecule has 4 atom stereocenters. The number of ether oxygens (including phenoxy) is 2. The highest BCUT2D eigenvalue weighted by Crippen LogP contribution is 2.36. The number of methoxy groups -OCH3 is 1. The van der Waals surface area contributed by atoms with E-state index in [2.05, 4.69) is 5.32 Å². The van der Waals surface area contributed by atoms with E-state index in [1.165, 1.54) is 6.07 Å². The standard InChI is InChI=1S/C23H28FNO3.ClH/c1-27-22-12-19(28-23-11-18-14-25-13-17(18)10-21(23)26)9-8-16(22)7-6-15-4-2-3-5-20(15)24;/h2-5,8-9,12,17-18,21,23,25-26H,6-7,10-11,13-14H2,1H3;1H/t17-,18+,21+,23+;/m0./s1. The Morgan fingerprint density at radius 3 is 2.52 bits per heavy atom. The molecule has 1 saturated heterocycles. The summed E-state index contributed by atoms with van der Waals surface area (Å²) in [5.41, 5.74) is 1.72. The van der Waals surface area contributed by atoms with Gasteiger partial charge in [-0.3, -0.25) is 0 Å². The molecule has 4 nitrogen and oxygen atoms in total. The summed E-state index contributed by atoms with van der Waals surface area (Å²) < 4.78 is 25.5. The predicted octanol–water partition coefficient (Wildman–Crippen LogP) is 3.78. The van der Waals surface area contributed by atoms with Gasteiger partial charge in [0.25, 0.3) is 0 Å². The van der Waals surface area contributed by atoms with Crippen LogP contribution in [-0.4, -0.2) is 37.5 Å². The van der Waals surface area contributed by atoms with Crippen LogP contribution in [0.1, 0.15) is 24.0 Å². The summed E-state index contributed by atoms with van der Waals surface area (Å²) in [6, 6.07) is 12.6. The average molecular weight is 422 g/mol. The highest BCUT2D eigenvalue weighted by atomic mass is 35.5. The van der Waals surface area contributed by atoms with Gasteiger partial charge in [0.2, 0.25) is 0 Å². The van der Waals surface area contributed by atoms with Crippen LogP contribution in [0.3, 0.4) is 0 Å². The highest BCUT2D eigenvalue weighted by molar-refractivity contribution is 5.85. The number of hydrogen-bond acceptors (Lipinski definition) is 4. The molecule has 29 heavy (non-hydrogen) atoms. The largest absolute Gasteiger partial charge is 0.496 e. The van der Waals surface area contributed by atoms with Gasteiger partial charge in [0.05, 0.1) is 13.2 Å². The number of rotatable bonds is 6. The molecule has 2 aromatic rings. The van der Waals surface area contributed by atoms with E-state index in [4.69, 9.17) is 9.47 Å². The van der Waals surface area contributed by atoms with Gasteiger partial charge in [-0.05, 0) is 73.9 Å². The fourth-order valence-corrected chi connectivity index (χ4v) is 4.53. The third-order valence-corrected chi connectivity index (χ3v) is 6.16. The predicted molar refractivity (Wildman–Crippen MR) is 114 cm³/mol. The second-order valence-corrected chi connectivity index (χ2v) is 7.94. The van der Waals surface area contributed by atoms with E-state index in [9.17, 15) is 9.50 Å². The van der Waals surface area contributed by atoms with Gasteiger partial charge in [-0.15, -0.1) is 12.4 Å². The Bertz CT molecular complexity index is 818. The lowest BCUT2D eigenvalue weighted by Crippen LogP contribution is -2.42. The summed E-state index contributed by atoms with van der Waals surface area (Å²) in [4.78, 5) is 0. The summed E-state index contributed by atoms with van der Waals surface area (Å²) in [6.45, 7) is 2.01. The number of aliphatic hydroxyl groups is 1. The van der Waals surface area contributed by atoms with Crippen LogP contribution in [0.2, 0.25) is 0 Å². The fraction of sp³-hybridized carbons (Fsp3) is 0.478. The Kier molecular flexibility index (Phi) is 7.38. The Hall–Kier alpha value is -1.82. The van der Waals surface area contributed by atoms with Crippen LogP contribution < -0.4 is 14.8 Å². The molecule has 0 amide bonds. The normalized spacial score (nSPS) is 25.8. The number of hydrogen-bond donors (Lipinski definition) is 2. The first kappa shape index (κ1) is 21.9. The maximum absolute atomic E-state index is 13.8. The molecule has 2 aromatic carbocycles. The van der Waals surface area contributed by atoms with Crippen molar-refractivity contribution >= 4 is 12.4 Å². The Morgan fingerprint density at radius 2 is 1.76 bits per heavy atom. The van der Waals surface area contributed by atoms with Gasteiger partial charge >= 0.3 is 0 Å². The zero-order valence-electron chi connectivity index (χ0n) is 16.6. The Morgan fingerprint density at radius 1 is 1.03 bits per heavy atom. The van der Waals surface area contributed by atoms with E-state index in [0.29, 0.717) is 36.0 Å². The number of benzene rings is 2. The second-order valence-electron chi connectivity index (χ2n) is 7.94. The van der Waals surface area contributed by atoms with Crippen LogP contribution in [-0.2, 0) is 12.8 Å². The monoisotopic (exact) mass is 421 g/mol. The number of aryl methyl sites for hydroxylation is 2.